The third kappa shape index (κ3) is 2.65. The minimum atomic E-state index is -0.450. The van der Waals surface area contributed by atoms with E-state index in [0.717, 1.165) is 5.56 Å². The van der Waals surface area contributed by atoms with E-state index in [2.05, 4.69) is 4.98 Å². The van der Waals surface area contributed by atoms with Crippen LogP contribution in [-0.2, 0) is 11.3 Å². The van der Waals surface area contributed by atoms with E-state index in [1.807, 2.05) is 36.5 Å². The predicted octanol–water partition coefficient (Wildman–Crippen LogP) is 3.34. The maximum absolute atomic E-state index is 11.9. The molecule has 0 N–H and O–H groups in total. The fraction of sp³-hybridized carbons (Fsp3) is 0.0667. The molecule has 0 saturated heterocycles. The van der Waals surface area contributed by atoms with Crippen LogP contribution in [0.1, 0.15) is 16.1 Å². The number of benzene rings is 1. The molecule has 0 radical (unpaired) electrons. The Kier molecular flexibility index (Phi) is 3.39. The van der Waals surface area contributed by atoms with Crippen LogP contribution >= 0.6 is 11.6 Å². The number of esters is 1. The van der Waals surface area contributed by atoms with Crippen molar-refractivity contribution in [3.8, 4) is 0 Å². The summed E-state index contributed by atoms with van der Waals surface area (Å²) in [5.74, 6) is -0.450. The Hall–Kier alpha value is -2.33. The molecule has 0 aliphatic carbocycles. The van der Waals surface area contributed by atoms with Crippen molar-refractivity contribution in [2.24, 2.45) is 0 Å². The normalized spacial score (nSPS) is 10.7. The Morgan fingerprint density at radius 2 is 2.15 bits per heavy atom. The number of pyridine rings is 1. The van der Waals surface area contributed by atoms with Crippen molar-refractivity contribution in [2.75, 3.05) is 0 Å². The Labute approximate surface area is 120 Å². The van der Waals surface area contributed by atoms with Crippen molar-refractivity contribution in [1.29, 1.82) is 0 Å². The third-order valence-corrected chi connectivity index (χ3v) is 3.07. The Bertz CT molecular complexity index is 734. The number of ether oxygens (including phenoxy) is 1. The van der Waals surface area contributed by atoms with Gasteiger partial charge >= 0.3 is 5.97 Å². The minimum absolute atomic E-state index is 0.174. The zero-order valence-electron chi connectivity index (χ0n) is 10.5. The number of imidazole rings is 1. The number of nitrogens with zero attached hydrogens (tertiary/aromatic N) is 2. The van der Waals surface area contributed by atoms with Gasteiger partial charge in [-0.05, 0) is 29.8 Å². The Morgan fingerprint density at radius 3 is 2.95 bits per heavy atom. The second kappa shape index (κ2) is 5.35. The van der Waals surface area contributed by atoms with Crippen LogP contribution < -0.4 is 0 Å². The van der Waals surface area contributed by atoms with Gasteiger partial charge in [-0.1, -0.05) is 29.8 Å². The van der Waals surface area contributed by atoms with Gasteiger partial charge in [-0.25, -0.2) is 9.78 Å². The Balaban J connectivity index is 1.73. The van der Waals surface area contributed by atoms with Gasteiger partial charge in [0.05, 0.1) is 0 Å². The van der Waals surface area contributed by atoms with E-state index in [0.29, 0.717) is 16.4 Å². The molecule has 0 spiro atoms. The lowest BCUT2D eigenvalue weighted by Gasteiger charge is -2.03. The molecular formula is C15H11ClN2O2. The van der Waals surface area contributed by atoms with Gasteiger partial charge in [0.15, 0.2) is 5.69 Å². The van der Waals surface area contributed by atoms with Gasteiger partial charge in [0.2, 0.25) is 0 Å². The highest BCUT2D eigenvalue weighted by Crippen LogP contribution is 2.12. The molecule has 3 aromatic rings. The summed E-state index contributed by atoms with van der Waals surface area (Å²) in [6, 6.07) is 12.8. The van der Waals surface area contributed by atoms with E-state index in [-0.39, 0.29) is 6.61 Å². The molecular weight excluding hydrogens is 276 g/mol. The van der Waals surface area contributed by atoms with E-state index < -0.39 is 5.97 Å². The number of carbonyl (C=O) groups is 1. The van der Waals surface area contributed by atoms with Crippen LogP contribution in [0.3, 0.4) is 0 Å². The van der Waals surface area contributed by atoms with Crippen LogP contribution in [0.25, 0.3) is 5.65 Å². The lowest BCUT2D eigenvalue weighted by atomic mass is 10.2. The second-order valence-corrected chi connectivity index (χ2v) is 4.73. The van der Waals surface area contributed by atoms with Crippen molar-refractivity contribution in [3.05, 3.63) is 71.1 Å². The van der Waals surface area contributed by atoms with Gasteiger partial charge in [0.1, 0.15) is 12.3 Å². The number of hydrogen-bond donors (Lipinski definition) is 0. The number of carbonyl (C=O) groups excluding carboxylic acids is 1. The number of aromatic nitrogens is 2. The zero-order valence-corrected chi connectivity index (χ0v) is 11.2. The lowest BCUT2D eigenvalue weighted by Crippen LogP contribution is -2.05. The van der Waals surface area contributed by atoms with Crippen LogP contribution in [-0.4, -0.2) is 15.4 Å². The SMILES string of the molecule is O=C(OCc1cccc(Cl)c1)c1cn2ccccc2n1. The van der Waals surface area contributed by atoms with Crippen LogP contribution in [0, 0.1) is 0 Å². The fourth-order valence-electron chi connectivity index (χ4n) is 1.88. The first-order chi connectivity index (χ1) is 9.72. The van der Waals surface area contributed by atoms with E-state index in [9.17, 15) is 4.79 Å². The van der Waals surface area contributed by atoms with Gasteiger partial charge in [0, 0.05) is 17.4 Å². The number of rotatable bonds is 3. The van der Waals surface area contributed by atoms with Crippen LogP contribution in [0.15, 0.2) is 54.9 Å². The summed E-state index contributed by atoms with van der Waals surface area (Å²) in [5, 5.41) is 0.617. The summed E-state index contributed by atoms with van der Waals surface area (Å²) >= 11 is 5.87. The lowest BCUT2D eigenvalue weighted by molar-refractivity contribution is 0.0466. The molecule has 0 aliphatic heterocycles. The topological polar surface area (TPSA) is 43.6 Å². The summed E-state index contributed by atoms with van der Waals surface area (Å²) in [6.07, 6.45) is 3.48. The zero-order chi connectivity index (χ0) is 13.9. The Morgan fingerprint density at radius 1 is 1.25 bits per heavy atom. The van der Waals surface area contributed by atoms with E-state index in [1.54, 1.807) is 22.7 Å². The monoisotopic (exact) mass is 286 g/mol. The van der Waals surface area contributed by atoms with E-state index in [1.165, 1.54) is 0 Å². The van der Waals surface area contributed by atoms with Crippen molar-refractivity contribution in [3.63, 3.8) is 0 Å². The van der Waals surface area contributed by atoms with Gasteiger partial charge in [-0.2, -0.15) is 0 Å². The molecule has 4 nitrogen and oxygen atoms in total. The quantitative estimate of drug-likeness (QED) is 0.694. The first kappa shape index (κ1) is 12.7. The second-order valence-electron chi connectivity index (χ2n) is 4.30. The van der Waals surface area contributed by atoms with Gasteiger partial charge in [-0.15, -0.1) is 0 Å². The summed E-state index contributed by atoms with van der Waals surface area (Å²) in [4.78, 5) is 16.1. The summed E-state index contributed by atoms with van der Waals surface area (Å²) < 4.78 is 7.00. The maximum Gasteiger partial charge on any atom is 0.358 e. The molecule has 1 aromatic carbocycles. The van der Waals surface area contributed by atoms with Crippen molar-refractivity contribution in [2.45, 2.75) is 6.61 Å². The summed E-state index contributed by atoms with van der Waals surface area (Å²) in [5.41, 5.74) is 1.84. The largest absolute Gasteiger partial charge is 0.456 e. The summed E-state index contributed by atoms with van der Waals surface area (Å²) in [7, 11) is 0. The van der Waals surface area contributed by atoms with Gasteiger partial charge in [-0.3, -0.25) is 0 Å². The summed E-state index contributed by atoms with van der Waals surface area (Å²) in [6.45, 7) is 0.174. The minimum Gasteiger partial charge on any atom is -0.456 e. The van der Waals surface area contributed by atoms with Crippen molar-refractivity contribution in [1.82, 2.24) is 9.38 Å². The molecule has 0 bridgehead atoms. The van der Waals surface area contributed by atoms with Crippen LogP contribution in [0.4, 0.5) is 0 Å². The van der Waals surface area contributed by atoms with Crippen LogP contribution in [0.2, 0.25) is 5.02 Å². The predicted molar refractivity (Wildman–Crippen MR) is 75.8 cm³/mol. The van der Waals surface area contributed by atoms with E-state index in [4.69, 9.17) is 16.3 Å². The molecule has 0 atom stereocenters. The number of halogens is 1. The van der Waals surface area contributed by atoms with Gasteiger partial charge in [0.25, 0.3) is 0 Å². The molecule has 0 fully saturated rings. The molecule has 0 saturated carbocycles. The standard InChI is InChI=1S/C15H11ClN2O2/c16-12-5-3-4-11(8-12)10-20-15(19)13-9-18-7-2-1-6-14(18)17-13/h1-9H,10H2. The van der Waals surface area contributed by atoms with Crippen molar-refractivity contribution >= 4 is 23.2 Å². The molecule has 2 heterocycles. The molecule has 0 aliphatic rings. The molecule has 2 aromatic heterocycles. The molecule has 3 rings (SSSR count). The van der Waals surface area contributed by atoms with Crippen molar-refractivity contribution < 1.29 is 9.53 Å². The maximum atomic E-state index is 11.9. The third-order valence-electron chi connectivity index (χ3n) is 2.83. The molecule has 20 heavy (non-hydrogen) atoms. The fourth-order valence-corrected chi connectivity index (χ4v) is 2.10. The average molecular weight is 287 g/mol. The molecule has 100 valence electrons. The molecule has 5 heteroatoms. The smallest absolute Gasteiger partial charge is 0.358 e. The van der Waals surface area contributed by atoms with E-state index >= 15 is 0 Å². The van der Waals surface area contributed by atoms with Gasteiger partial charge < -0.3 is 9.14 Å². The number of fused-ring (bicyclic) bond motifs is 1. The van der Waals surface area contributed by atoms with Crippen LogP contribution in [0.5, 0.6) is 0 Å². The first-order valence-corrected chi connectivity index (χ1v) is 6.45. The molecule has 0 unspecified atom stereocenters. The highest BCUT2D eigenvalue weighted by molar-refractivity contribution is 6.30. The first-order valence-electron chi connectivity index (χ1n) is 6.08. The molecule has 0 amide bonds. The average Bonchev–Trinajstić information content (AvgIpc) is 2.89. The number of hydrogen-bond acceptors (Lipinski definition) is 3. The highest BCUT2D eigenvalue weighted by atomic mass is 35.5. The highest BCUT2D eigenvalue weighted by Gasteiger charge is 2.12.